The summed E-state index contributed by atoms with van der Waals surface area (Å²) in [6.45, 7) is 1.72. The molecular formula is C18H18FN3O. The maximum absolute atomic E-state index is 13.6. The van der Waals surface area contributed by atoms with Crippen LogP contribution in [0.3, 0.4) is 0 Å². The molecule has 118 valence electrons. The number of nitrogens with zero attached hydrogens (tertiary/aromatic N) is 2. The summed E-state index contributed by atoms with van der Waals surface area (Å²) in [4.78, 5) is 15.2. The Labute approximate surface area is 133 Å². The van der Waals surface area contributed by atoms with E-state index >= 15 is 0 Å². The summed E-state index contributed by atoms with van der Waals surface area (Å²) in [6.07, 6.45) is 6.90. The van der Waals surface area contributed by atoms with Crippen molar-refractivity contribution in [1.82, 2.24) is 9.38 Å². The summed E-state index contributed by atoms with van der Waals surface area (Å²) in [5, 5.41) is 0. The standard InChI is InChI=1S/C15H12FN3O.C3H6/c1-9-11(3-2-4-12(9)16)10-5-6-14-18-15(17)13(8-20)19(14)7-10;1-2-3-1/h2-8H,17H2,1H3;1-3H2. The van der Waals surface area contributed by atoms with Crippen LogP contribution in [0.4, 0.5) is 10.2 Å². The molecule has 23 heavy (non-hydrogen) atoms. The van der Waals surface area contributed by atoms with Crippen molar-refractivity contribution in [2.45, 2.75) is 26.2 Å². The van der Waals surface area contributed by atoms with E-state index in [1.165, 1.54) is 25.3 Å². The van der Waals surface area contributed by atoms with E-state index < -0.39 is 0 Å². The first-order valence-electron chi connectivity index (χ1n) is 7.60. The van der Waals surface area contributed by atoms with Gasteiger partial charge in [0, 0.05) is 6.20 Å². The van der Waals surface area contributed by atoms with E-state index in [9.17, 15) is 9.18 Å². The number of halogens is 1. The number of rotatable bonds is 2. The molecule has 0 aliphatic heterocycles. The Morgan fingerprint density at radius 1 is 1.22 bits per heavy atom. The molecule has 0 atom stereocenters. The molecule has 1 aromatic carbocycles. The topological polar surface area (TPSA) is 60.4 Å². The Hall–Kier alpha value is -2.69. The second-order valence-corrected chi connectivity index (χ2v) is 5.62. The van der Waals surface area contributed by atoms with Crippen molar-refractivity contribution in [2.75, 3.05) is 5.73 Å². The van der Waals surface area contributed by atoms with Gasteiger partial charge in [0.15, 0.2) is 12.1 Å². The van der Waals surface area contributed by atoms with Crippen molar-refractivity contribution < 1.29 is 9.18 Å². The zero-order valence-electron chi connectivity index (χ0n) is 12.9. The van der Waals surface area contributed by atoms with Gasteiger partial charge in [0.25, 0.3) is 0 Å². The molecule has 2 N–H and O–H groups in total. The summed E-state index contributed by atoms with van der Waals surface area (Å²) in [6, 6.07) is 8.50. The molecule has 1 fully saturated rings. The molecule has 0 bridgehead atoms. The van der Waals surface area contributed by atoms with Gasteiger partial charge in [0.05, 0.1) is 0 Å². The van der Waals surface area contributed by atoms with Crippen molar-refractivity contribution in [2.24, 2.45) is 0 Å². The Balaban J connectivity index is 0.000000468. The van der Waals surface area contributed by atoms with Crippen LogP contribution in [0.5, 0.6) is 0 Å². The highest BCUT2D eigenvalue weighted by Gasteiger charge is 2.11. The van der Waals surface area contributed by atoms with Crippen LogP contribution < -0.4 is 5.73 Å². The number of nitrogens with two attached hydrogens (primary N) is 1. The van der Waals surface area contributed by atoms with Gasteiger partial charge in [-0.2, -0.15) is 0 Å². The molecule has 2 heterocycles. The number of aldehydes is 1. The lowest BCUT2D eigenvalue weighted by Gasteiger charge is -2.07. The lowest BCUT2D eigenvalue weighted by molar-refractivity contribution is 0.111. The number of nitrogen functional groups attached to an aromatic ring is 1. The van der Waals surface area contributed by atoms with Gasteiger partial charge in [-0.05, 0) is 41.8 Å². The minimum absolute atomic E-state index is 0.188. The van der Waals surface area contributed by atoms with Crippen molar-refractivity contribution in [1.29, 1.82) is 0 Å². The van der Waals surface area contributed by atoms with Crippen molar-refractivity contribution in [3.05, 3.63) is 53.6 Å². The third kappa shape index (κ3) is 3.08. The predicted molar refractivity (Wildman–Crippen MR) is 89.0 cm³/mol. The second kappa shape index (κ2) is 6.20. The van der Waals surface area contributed by atoms with Crippen LogP contribution in [0.2, 0.25) is 0 Å². The van der Waals surface area contributed by atoms with Gasteiger partial charge in [-0.25, -0.2) is 9.37 Å². The Bertz CT molecular complexity index is 865. The molecule has 5 heteroatoms. The van der Waals surface area contributed by atoms with Gasteiger partial charge < -0.3 is 5.73 Å². The van der Waals surface area contributed by atoms with Crippen molar-refractivity contribution >= 4 is 17.8 Å². The molecule has 2 aromatic heterocycles. The number of hydrogen-bond acceptors (Lipinski definition) is 3. The number of fused-ring (bicyclic) bond motifs is 1. The average molecular weight is 311 g/mol. The van der Waals surface area contributed by atoms with Crippen LogP contribution >= 0.6 is 0 Å². The van der Waals surface area contributed by atoms with Gasteiger partial charge in [-0.1, -0.05) is 31.4 Å². The lowest BCUT2D eigenvalue weighted by Crippen LogP contribution is -1.96. The maximum atomic E-state index is 13.6. The summed E-state index contributed by atoms with van der Waals surface area (Å²) in [5.74, 6) is -0.0727. The number of carbonyl (C=O) groups excluding carboxylic acids is 1. The van der Waals surface area contributed by atoms with E-state index in [-0.39, 0.29) is 11.6 Å². The fourth-order valence-corrected chi connectivity index (χ4v) is 2.28. The molecular weight excluding hydrogens is 293 g/mol. The van der Waals surface area contributed by atoms with Crippen LogP contribution in [0.15, 0.2) is 36.5 Å². The van der Waals surface area contributed by atoms with Gasteiger partial charge >= 0.3 is 0 Å². The first-order chi connectivity index (χ1) is 11.1. The third-order valence-corrected chi connectivity index (χ3v) is 3.73. The maximum Gasteiger partial charge on any atom is 0.170 e. The SMILES string of the molecule is C1CC1.Cc1c(F)cccc1-c1ccc2nc(N)c(C=O)n2c1. The van der Waals surface area contributed by atoms with Crippen molar-refractivity contribution in [3.8, 4) is 11.1 Å². The molecule has 0 spiro atoms. The van der Waals surface area contributed by atoms with Crippen LogP contribution in [0, 0.1) is 12.7 Å². The van der Waals surface area contributed by atoms with Crippen LogP contribution in [0.25, 0.3) is 16.8 Å². The minimum atomic E-state index is -0.261. The number of imidazole rings is 1. The van der Waals surface area contributed by atoms with E-state index in [1.807, 2.05) is 12.1 Å². The molecule has 0 amide bonds. The number of carbonyl (C=O) groups is 1. The highest BCUT2D eigenvalue weighted by molar-refractivity contribution is 5.82. The zero-order chi connectivity index (χ0) is 16.4. The van der Waals surface area contributed by atoms with E-state index in [4.69, 9.17) is 5.73 Å². The smallest absolute Gasteiger partial charge is 0.170 e. The molecule has 1 aliphatic rings. The van der Waals surface area contributed by atoms with E-state index in [1.54, 1.807) is 29.7 Å². The van der Waals surface area contributed by atoms with E-state index in [2.05, 4.69) is 4.98 Å². The third-order valence-electron chi connectivity index (χ3n) is 3.73. The van der Waals surface area contributed by atoms with Crippen LogP contribution in [0.1, 0.15) is 35.3 Å². The Kier molecular flexibility index (Phi) is 4.10. The fourth-order valence-electron chi connectivity index (χ4n) is 2.28. The molecule has 0 radical (unpaired) electrons. The molecule has 1 saturated carbocycles. The Morgan fingerprint density at radius 2 is 1.96 bits per heavy atom. The average Bonchev–Trinajstić information content (AvgIpc) is 3.38. The molecule has 0 saturated heterocycles. The predicted octanol–water partition coefficient (Wildman–Crippen LogP) is 4.01. The first kappa shape index (κ1) is 15.2. The van der Waals surface area contributed by atoms with Crippen LogP contribution in [-0.2, 0) is 0 Å². The molecule has 4 rings (SSSR count). The Morgan fingerprint density at radius 3 is 2.61 bits per heavy atom. The summed E-state index contributed by atoms with van der Waals surface area (Å²) < 4.78 is 15.2. The summed E-state index contributed by atoms with van der Waals surface area (Å²) >= 11 is 0. The number of anilines is 1. The molecule has 1 aliphatic carbocycles. The van der Waals surface area contributed by atoms with Gasteiger partial charge in [0.2, 0.25) is 0 Å². The van der Waals surface area contributed by atoms with Crippen LogP contribution in [-0.4, -0.2) is 15.7 Å². The largest absolute Gasteiger partial charge is 0.382 e. The number of pyridine rings is 1. The molecule has 0 unspecified atom stereocenters. The first-order valence-corrected chi connectivity index (χ1v) is 7.60. The number of hydrogen-bond donors (Lipinski definition) is 1. The second-order valence-electron chi connectivity index (χ2n) is 5.62. The monoisotopic (exact) mass is 311 g/mol. The van der Waals surface area contributed by atoms with Gasteiger partial charge in [0.1, 0.15) is 17.2 Å². The summed E-state index contributed by atoms with van der Waals surface area (Å²) in [5.41, 5.74) is 8.71. The highest BCUT2D eigenvalue weighted by Crippen LogP contribution is 2.26. The minimum Gasteiger partial charge on any atom is -0.382 e. The normalized spacial score (nSPS) is 12.6. The zero-order valence-corrected chi connectivity index (χ0v) is 12.9. The van der Waals surface area contributed by atoms with Crippen molar-refractivity contribution in [3.63, 3.8) is 0 Å². The summed E-state index contributed by atoms with van der Waals surface area (Å²) in [7, 11) is 0. The quantitative estimate of drug-likeness (QED) is 0.727. The number of benzene rings is 1. The number of aromatic nitrogens is 2. The fraction of sp³-hybridized carbons (Fsp3) is 0.222. The lowest BCUT2D eigenvalue weighted by atomic mass is 10.0. The highest BCUT2D eigenvalue weighted by atomic mass is 19.1. The van der Waals surface area contributed by atoms with E-state index in [0.29, 0.717) is 23.2 Å². The molecule has 3 aromatic rings. The van der Waals surface area contributed by atoms with Gasteiger partial charge in [-0.3, -0.25) is 9.20 Å². The van der Waals surface area contributed by atoms with Gasteiger partial charge in [-0.15, -0.1) is 0 Å². The molecule has 4 nitrogen and oxygen atoms in total. The van der Waals surface area contributed by atoms with E-state index in [0.717, 1.165) is 11.1 Å².